The van der Waals surface area contributed by atoms with Gasteiger partial charge in [-0.2, -0.15) is 5.10 Å². The lowest BCUT2D eigenvalue weighted by molar-refractivity contribution is -0.119. The number of aryl methyl sites for hydroxylation is 1. The van der Waals surface area contributed by atoms with E-state index in [4.69, 9.17) is 32.4 Å². The number of nitrogens with one attached hydrogen (secondary N) is 4. The molecule has 4 aromatic rings. The van der Waals surface area contributed by atoms with Gasteiger partial charge >= 0.3 is 6.09 Å². The Labute approximate surface area is 374 Å². The van der Waals surface area contributed by atoms with Crippen molar-refractivity contribution in [1.82, 2.24) is 30.3 Å². The van der Waals surface area contributed by atoms with Crippen molar-refractivity contribution < 1.29 is 28.3 Å². The van der Waals surface area contributed by atoms with E-state index in [-0.39, 0.29) is 51.0 Å². The Morgan fingerprint density at radius 1 is 0.919 bits per heavy atom. The Kier molecular flexibility index (Phi) is 14.5. The standard InChI is InChI=1S/C45H58Cl2N8O6Si/c1-44(2,3)61-43(59)54(22-23-60-62(7,8)45(4,5)6)27-28-17-19-35(48-25-28)41(57)51-33-14-9-12-30(39(33)46)31-13-10-15-34(40(31)47)52-42(58)36-24-37-32(16-11-21-55(37)53-36)49-26-29-18-20-38(56)50-29/h9-10,12-15,17,19,24-25,29,32,49H,11,16,18,20-23,26-27H2,1-8H3,(H,50,56)(H,51,57)(H,52,58)/t29-,32+/m0/s1. The minimum Gasteiger partial charge on any atom is -0.444 e. The number of fused-ring (bicyclic) bond motifs is 1. The molecular formula is C45H58Cl2N8O6Si. The summed E-state index contributed by atoms with van der Waals surface area (Å²) in [6.07, 6.45) is 4.25. The Hall–Kier alpha value is -4.80. The average molecular weight is 906 g/mol. The average Bonchev–Trinajstić information content (AvgIpc) is 3.84. The molecule has 1 fully saturated rings. The maximum atomic E-state index is 13.6. The fourth-order valence-electron chi connectivity index (χ4n) is 7.02. The highest BCUT2D eigenvalue weighted by molar-refractivity contribution is 6.74. The molecule has 2 atom stereocenters. The van der Waals surface area contributed by atoms with E-state index in [9.17, 15) is 19.2 Å². The van der Waals surface area contributed by atoms with Crippen LogP contribution >= 0.6 is 23.2 Å². The lowest BCUT2D eigenvalue weighted by atomic mass is 10.0. The van der Waals surface area contributed by atoms with Crippen LogP contribution in [0.4, 0.5) is 16.2 Å². The molecule has 0 unspecified atom stereocenters. The molecule has 0 radical (unpaired) electrons. The van der Waals surface area contributed by atoms with E-state index in [0.29, 0.717) is 60.7 Å². The monoisotopic (exact) mass is 904 g/mol. The second kappa shape index (κ2) is 19.3. The Morgan fingerprint density at radius 2 is 1.56 bits per heavy atom. The molecule has 0 aliphatic carbocycles. The van der Waals surface area contributed by atoms with Gasteiger partial charge in [0.15, 0.2) is 14.0 Å². The maximum Gasteiger partial charge on any atom is 0.410 e. The summed E-state index contributed by atoms with van der Waals surface area (Å²) in [5.74, 6) is -0.821. The summed E-state index contributed by atoms with van der Waals surface area (Å²) in [6.45, 7) is 18.6. The maximum absolute atomic E-state index is 13.6. The predicted molar refractivity (Wildman–Crippen MR) is 245 cm³/mol. The molecule has 2 aliphatic heterocycles. The van der Waals surface area contributed by atoms with Crippen LogP contribution in [0.3, 0.4) is 0 Å². The first-order valence-corrected chi connectivity index (χ1v) is 24.7. The molecule has 6 rings (SSSR count). The zero-order valence-electron chi connectivity index (χ0n) is 36.8. The van der Waals surface area contributed by atoms with Crippen LogP contribution in [0.15, 0.2) is 60.8 Å². The molecule has 332 valence electrons. The highest BCUT2D eigenvalue weighted by atomic mass is 35.5. The lowest BCUT2D eigenvalue weighted by Gasteiger charge is -2.37. The van der Waals surface area contributed by atoms with Crippen LogP contribution in [0, 0.1) is 0 Å². The summed E-state index contributed by atoms with van der Waals surface area (Å²) in [6, 6.07) is 15.7. The van der Waals surface area contributed by atoms with Crippen molar-refractivity contribution in [3.63, 3.8) is 0 Å². The van der Waals surface area contributed by atoms with Crippen LogP contribution < -0.4 is 21.3 Å². The topological polar surface area (TPSA) is 169 Å². The van der Waals surface area contributed by atoms with E-state index >= 15 is 0 Å². The third kappa shape index (κ3) is 11.6. The number of aromatic nitrogens is 3. The van der Waals surface area contributed by atoms with Crippen molar-refractivity contribution in [2.45, 2.75) is 116 Å². The van der Waals surface area contributed by atoms with Crippen molar-refractivity contribution >= 4 is 66.7 Å². The quantitative estimate of drug-likeness (QED) is 0.0902. The molecular weight excluding hydrogens is 848 g/mol. The number of carbonyl (C=O) groups is 4. The molecule has 4 amide bonds. The van der Waals surface area contributed by atoms with Crippen molar-refractivity contribution in [1.29, 1.82) is 0 Å². The fourth-order valence-corrected chi connectivity index (χ4v) is 8.61. The molecule has 2 aromatic carbocycles. The zero-order chi connectivity index (χ0) is 45.0. The van der Waals surface area contributed by atoms with Crippen LogP contribution in [0.2, 0.25) is 28.2 Å². The molecule has 4 heterocycles. The van der Waals surface area contributed by atoms with Gasteiger partial charge in [0.25, 0.3) is 11.8 Å². The number of halogens is 2. The Balaban J connectivity index is 1.10. The van der Waals surface area contributed by atoms with Gasteiger partial charge in [0.2, 0.25) is 5.91 Å². The zero-order valence-corrected chi connectivity index (χ0v) is 39.3. The SMILES string of the molecule is CC(C)(C)OC(=O)N(CCO[Si](C)(C)C(C)(C)C)Cc1ccc(C(=O)Nc2cccc(-c3cccc(NC(=O)c4cc5n(n4)CCC[C@H]5NC[C@@H]4CCC(=O)N4)c3Cl)c2Cl)nc1. The second-order valence-electron chi connectivity index (χ2n) is 18.4. The van der Waals surface area contributed by atoms with Crippen LogP contribution in [0.25, 0.3) is 11.1 Å². The largest absolute Gasteiger partial charge is 0.444 e. The number of nitrogens with zero attached hydrogens (tertiary/aromatic N) is 4. The Morgan fingerprint density at radius 3 is 2.13 bits per heavy atom. The van der Waals surface area contributed by atoms with Gasteiger partial charge < -0.3 is 35.3 Å². The van der Waals surface area contributed by atoms with Crippen molar-refractivity contribution in [3.05, 3.63) is 93.5 Å². The smallest absolute Gasteiger partial charge is 0.410 e. The summed E-state index contributed by atoms with van der Waals surface area (Å²) in [5, 5.41) is 17.4. The van der Waals surface area contributed by atoms with Gasteiger partial charge in [0.1, 0.15) is 11.3 Å². The first kappa shape index (κ1) is 46.7. The molecule has 17 heteroatoms. The fraction of sp³-hybridized carbons (Fsp3) is 0.467. The normalized spacial score (nSPS) is 16.6. The third-order valence-corrected chi connectivity index (χ3v) is 16.8. The number of rotatable bonds is 14. The van der Waals surface area contributed by atoms with Crippen LogP contribution in [0.5, 0.6) is 0 Å². The minimum atomic E-state index is -2.04. The summed E-state index contributed by atoms with van der Waals surface area (Å²) in [4.78, 5) is 57.9. The first-order valence-electron chi connectivity index (χ1n) is 21.1. The van der Waals surface area contributed by atoms with E-state index in [1.165, 1.54) is 0 Å². The molecule has 2 aliphatic rings. The number of hydrogen-bond acceptors (Lipinski definition) is 9. The number of pyridine rings is 1. The summed E-state index contributed by atoms with van der Waals surface area (Å²) < 4.78 is 13.9. The predicted octanol–water partition coefficient (Wildman–Crippen LogP) is 9.22. The van der Waals surface area contributed by atoms with E-state index < -0.39 is 31.8 Å². The van der Waals surface area contributed by atoms with Crippen LogP contribution in [-0.4, -0.2) is 83.1 Å². The number of carbonyl (C=O) groups excluding carboxylic acids is 4. The second-order valence-corrected chi connectivity index (χ2v) is 24.0. The van der Waals surface area contributed by atoms with Gasteiger partial charge in [-0.15, -0.1) is 0 Å². The van der Waals surface area contributed by atoms with Crippen molar-refractivity contribution in [3.8, 4) is 11.1 Å². The summed E-state index contributed by atoms with van der Waals surface area (Å²) in [7, 11) is -2.04. The van der Waals surface area contributed by atoms with Gasteiger partial charge in [-0.25, -0.2) is 4.79 Å². The van der Waals surface area contributed by atoms with Crippen LogP contribution in [-0.2, 0) is 27.0 Å². The first-order chi connectivity index (χ1) is 29.2. The van der Waals surface area contributed by atoms with Crippen molar-refractivity contribution in [2.75, 3.05) is 30.3 Å². The number of amides is 4. The van der Waals surface area contributed by atoms with E-state index in [0.717, 1.165) is 25.0 Å². The van der Waals surface area contributed by atoms with Crippen LogP contribution in [0.1, 0.15) is 106 Å². The minimum absolute atomic E-state index is 0.0115. The number of hydrogen-bond donors (Lipinski definition) is 4. The highest BCUT2D eigenvalue weighted by Gasteiger charge is 2.37. The number of ether oxygens (including phenoxy) is 1. The molecule has 14 nitrogen and oxygen atoms in total. The van der Waals surface area contributed by atoms with Gasteiger partial charge in [-0.1, -0.05) is 74.3 Å². The third-order valence-electron chi connectivity index (χ3n) is 11.5. The van der Waals surface area contributed by atoms with E-state index in [1.54, 1.807) is 65.7 Å². The van der Waals surface area contributed by atoms with E-state index in [1.807, 2.05) is 25.5 Å². The molecule has 62 heavy (non-hydrogen) atoms. The summed E-state index contributed by atoms with van der Waals surface area (Å²) >= 11 is 13.9. The molecule has 4 N–H and O–H groups in total. The highest BCUT2D eigenvalue weighted by Crippen LogP contribution is 2.41. The summed E-state index contributed by atoms with van der Waals surface area (Å²) in [5.41, 5.74) is 3.16. The number of anilines is 2. The van der Waals surface area contributed by atoms with Gasteiger partial charge in [0.05, 0.1) is 40.3 Å². The molecule has 1 saturated heterocycles. The number of benzene rings is 2. The lowest BCUT2D eigenvalue weighted by Crippen LogP contribution is -2.44. The van der Waals surface area contributed by atoms with Gasteiger partial charge in [0, 0.05) is 55.5 Å². The van der Waals surface area contributed by atoms with Gasteiger partial charge in [-0.05, 0) is 88.0 Å². The van der Waals surface area contributed by atoms with Crippen molar-refractivity contribution in [2.24, 2.45) is 0 Å². The molecule has 0 saturated carbocycles. The molecule has 0 bridgehead atoms. The molecule has 0 spiro atoms. The van der Waals surface area contributed by atoms with E-state index in [2.05, 4.69) is 65.2 Å². The molecule has 2 aromatic heterocycles. The Bertz CT molecular complexity index is 2290. The van der Waals surface area contributed by atoms with Gasteiger partial charge in [-0.3, -0.25) is 24.0 Å².